The third kappa shape index (κ3) is 3.03. The Balaban J connectivity index is 1.24. The van der Waals surface area contributed by atoms with E-state index in [1.54, 1.807) is 0 Å². The number of nitrogens with one attached hydrogen (secondary N) is 2. The van der Waals surface area contributed by atoms with Gasteiger partial charge in [0, 0.05) is 31.1 Å². The molecule has 2 saturated heterocycles. The molecule has 0 radical (unpaired) electrons. The number of carbonyl (C=O) groups excluding carboxylic acids is 1. The Morgan fingerprint density at radius 1 is 1.15 bits per heavy atom. The van der Waals surface area contributed by atoms with Crippen molar-refractivity contribution in [2.24, 2.45) is 5.92 Å². The van der Waals surface area contributed by atoms with Crippen LogP contribution in [0.1, 0.15) is 44.1 Å². The minimum absolute atomic E-state index is 0.0711. The molecule has 4 aliphatic rings. The van der Waals surface area contributed by atoms with Crippen molar-refractivity contribution < 1.29 is 9.53 Å². The molecule has 0 aromatic heterocycles. The highest BCUT2D eigenvalue weighted by Gasteiger charge is 2.41. The zero-order valence-electron chi connectivity index (χ0n) is 15.1. The van der Waals surface area contributed by atoms with Crippen molar-refractivity contribution in [3.63, 3.8) is 0 Å². The first-order chi connectivity index (χ1) is 12.7. The molecule has 1 amide bonds. The second kappa shape index (κ2) is 6.39. The molecule has 1 aromatic carbocycles. The van der Waals surface area contributed by atoms with Crippen molar-refractivity contribution in [1.29, 1.82) is 0 Å². The van der Waals surface area contributed by atoms with Crippen LogP contribution in [-0.4, -0.2) is 41.6 Å². The summed E-state index contributed by atoms with van der Waals surface area (Å²) in [6, 6.07) is 8.59. The van der Waals surface area contributed by atoms with E-state index in [0.717, 1.165) is 56.0 Å². The van der Waals surface area contributed by atoms with E-state index in [2.05, 4.69) is 29.1 Å². The van der Waals surface area contributed by atoms with E-state index in [1.807, 2.05) is 23.1 Å². The highest BCUT2D eigenvalue weighted by atomic mass is 16.5. The molecule has 3 atom stereocenters. The zero-order chi connectivity index (χ0) is 17.6. The number of ether oxygens (including phenoxy) is 1. The second-order valence-corrected chi connectivity index (χ2v) is 8.24. The molecular formula is C21H27N3O2. The Labute approximate surface area is 154 Å². The molecule has 1 saturated carbocycles. The van der Waals surface area contributed by atoms with Gasteiger partial charge in [-0.1, -0.05) is 24.3 Å². The maximum Gasteiger partial charge on any atom is 0.241 e. The van der Waals surface area contributed by atoms with Crippen LogP contribution in [0.25, 0.3) is 6.08 Å². The Hall–Kier alpha value is -1.85. The molecule has 26 heavy (non-hydrogen) atoms. The van der Waals surface area contributed by atoms with Crippen LogP contribution in [0.5, 0.6) is 5.75 Å². The summed E-state index contributed by atoms with van der Waals surface area (Å²) >= 11 is 0. The van der Waals surface area contributed by atoms with Crippen LogP contribution in [0.4, 0.5) is 0 Å². The standard InChI is InChI=1S/C21H27N3O2/c25-20(18-14-17(22-23-18)15-6-7-15)24-12-3-9-21(11-13-24)10-8-16-4-1-2-5-19(16)26-21/h1-2,4-5,8,10,15,17-18,22-23H,3,6-7,9,11-14H2. The monoisotopic (exact) mass is 353 g/mol. The van der Waals surface area contributed by atoms with Crippen molar-refractivity contribution >= 4 is 12.0 Å². The van der Waals surface area contributed by atoms with Crippen LogP contribution in [-0.2, 0) is 4.79 Å². The van der Waals surface area contributed by atoms with Crippen LogP contribution >= 0.6 is 0 Å². The predicted octanol–water partition coefficient (Wildman–Crippen LogP) is 2.49. The van der Waals surface area contributed by atoms with Gasteiger partial charge in [0.15, 0.2) is 0 Å². The molecular weight excluding hydrogens is 326 g/mol. The van der Waals surface area contributed by atoms with Crippen LogP contribution in [0.3, 0.4) is 0 Å². The molecule has 5 rings (SSSR count). The lowest BCUT2D eigenvalue weighted by Gasteiger charge is -2.34. The van der Waals surface area contributed by atoms with Gasteiger partial charge < -0.3 is 9.64 Å². The summed E-state index contributed by atoms with van der Waals surface area (Å²) in [6.07, 6.45) is 10.7. The number of carbonyl (C=O) groups is 1. The largest absolute Gasteiger partial charge is 0.483 e. The quantitative estimate of drug-likeness (QED) is 0.858. The van der Waals surface area contributed by atoms with E-state index < -0.39 is 0 Å². The number of amides is 1. The summed E-state index contributed by atoms with van der Waals surface area (Å²) < 4.78 is 6.40. The first-order valence-electron chi connectivity index (χ1n) is 10.00. The van der Waals surface area contributed by atoms with Gasteiger partial charge in [-0.2, -0.15) is 0 Å². The Kier molecular flexibility index (Phi) is 4.02. The number of nitrogens with zero attached hydrogens (tertiary/aromatic N) is 1. The zero-order valence-corrected chi connectivity index (χ0v) is 15.1. The first kappa shape index (κ1) is 16.3. The van der Waals surface area contributed by atoms with Gasteiger partial charge in [-0.15, -0.1) is 0 Å². The fourth-order valence-corrected chi connectivity index (χ4v) is 4.60. The highest BCUT2D eigenvalue weighted by molar-refractivity contribution is 5.82. The molecule has 3 aliphatic heterocycles. The van der Waals surface area contributed by atoms with Gasteiger partial charge in [0.05, 0.1) is 0 Å². The van der Waals surface area contributed by atoms with E-state index in [1.165, 1.54) is 12.8 Å². The summed E-state index contributed by atoms with van der Waals surface area (Å²) in [7, 11) is 0. The summed E-state index contributed by atoms with van der Waals surface area (Å²) in [5.74, 6) is 1.98. The lowest BCUT2D eigenvalue weighted by Crippen LogP contribution is -2.46. The maximum atomic E-state index is 13.0. The van der Waals surface area contributed by atoms with E-state index in [9.17, 15) is 4.79 Å². The number of likely N-dealkylation sites (tertiary alicyclic amines) is 1. The van der Waals surface area contributed by atoms with Crippen molar-refractivity contribution in [2.75, 3.05) is 13.1 Å². The van der Waals surface area contributed by atoms with E-state index in [4.69, 9.17) is 4.74 Å². The molecule has 3 unspecified atom stereocenters. The molecule has 1 aliphatic carbocycles. The molecule has 5 heteroatoms. The van der Waals surface area contributed by atoms with Gasteiger partial charge in [-0.3, -0.25) is 10.2 Å². The number of hydrazine groups is 1. The van der Waals surface area contributed by atoms with Crippen LogP contribution in [0, 0.1) is 5.92 Å². The second-order valence-electron chi connectivity index (χ2n) is 8.24. The van der Waals surface area contributed by atoms with Gasteiger partial charge in [-0.05, 0) is 50.2 Å². The smallest absolute Gasteiger partial charge is 0.241 e. The molecule has 2 N–H and O–H groups in total. The average Bonchev–Trinajstić information content (AvgIpc) is 3.44. The van der Waals surface area contributed by atoms with E-state index in [-0.39, 0.29) is 17.6 Å². The number of benzene rings is 1. The topological polar surface area (TPSA) is 53.6 Å². The molecule has 5 nitrogen and oxygen atoms in total. The van der Waals surface area contributed by atoms with E-state index >= 15 is 0 Å². The van der Waals surface area contributed by atoms with Crippen molar-refractivity contribution in [2.45, 2.75) is 56.2 Å². The van der Waals surface area contributed by atoms with Gasteiger partial charge in [0.25, 0.3) is 0 Å². The third-order valence-corrected chi connectivity index (χ3v) is 6.37. The first-order valence-corrected chi connectivity index (χ1v) is 10.00. The fourth-order valence-electron chi connectivity index (χ4n) is 4.60. The van der Waals surface area contributed by atoms with Crippen molar-refractivity contribution in [1.82, 2.24) is 15.8 Å². The van der Waals surface area contributed by atoms with E-state index in [0.29, 0.717) is 6.04 Å². The van der Waals surface area contributed by atoms with Crippen LogP contribution < -0.4 is 15.6 Å². The van der Waals surface area contributed by atoms with Gasteiger partial charge >= 0.3 is 0 Å². The summed E-state index contributed by atoms with van der Waals surface area (Å²) in [6.45, 7) is 1.59. The SMILES string of the molecule is O=C(C1CC(C2CC2)NN1)N1CCCC2(C=Cc3ccccc3O2)CC1. The van der Waals surface area contributed by atoms with Crippen molar-refractivity contribution in [3.8, 4) is 5.75 Å². The van der Waals surface area contributed by atoms with Crippen LogP contribution in [0.2, 0.25) is 0 Å². The average molecular weight is 353 g/mol. The van der Waals surface area contributed by atoms with Crippen molar-refractivity contribution in [3.05, 3.63) is 35.9 Å². The molecule has 138 valence electrons. The molecule has 3 heterocycles. The fraction of sp³-hybridized carbons (Fsp3) is 0.571. The van der Waals surface area contributed by atoms with Crippen LogP contribution in [0.15, 0.2) is 30.3 Å². The Morgan fingerprint density at radius 3 is 2.92 bits per heavy atom. The number of fused-ring (bicyclic) bond motifs is 1. The number of hydrogen-bond donors (Lipinski definition) is 2. The Bertz CT molecular complexity index is 730. The third-order valence-electron chi connectivity index (χ3n) is 6.37. The highest BCUT2D eigenvalue weighted by Crippen LogP contribution is 2.38. The molecule has 3 fully saturated rings. The summed E-state index contributed by atoms with van der Waals surface area (Å²) in [5.41, 5.74) is 7.46. The van der Waals surface area contributed by atoms with Gasteiger partial charge in [-0.25, -0.2) is 5.43 Å². The number of hydrogen-bond acceptors (Lipinski definition) is 4. The van der Waals surface area contributed by atoms with Gasteiger partial charge in [0.2, 0.25) is 5.91 Å². The molecule has 1 aromatic rings. The lowest BCUT2D eigenvalue weighted by atomic mass is 9.91. The number of para-hydroxylation sites is 1. The van der Waals surface area contributed by atoms with Gasteiger partial charge in [0.1, 0.15) is 17.4 Å². The Morgan fingerprint density at radius 2 is 2.04 bits per heavy atom. The summed E-state index contributed by atoms with van der Waals surface area (Å²) in [5, 5.41) is 0. The molecule has 1 spiro atoms. The predicted molar refractivity (Wildman–Crippen MR) is 100 cm³/mol. The minimum Gasteiger partial charge on any atom is -0.483 e. The number of rotatable bonds is 2. The minimum atomic E-state index is -0.263. The lowest BCUT2D eigenvalue weighted by molar-refractivity contribution is -0.133. The molecule has 0 bridgehead atoms. The normalized spacial score (nSPS) is 33.6. The summed E-state index contributed by atoms with van der Waals surface area (Å²) in [4.78, 5) is 15.0. The maximum absolute atomic E-state index is 13.0.